The SMILES string of the molecule is C=N/C=C/N1CCOCC1. The summed E-state index contributed by atoms with van der Waals surface area (Å²) in [6, 6.07) is 0. The van der Waals surface area contributed by atoms with Crippen molar-refractivity contribution in [2.24, 2.45) is 4.99 Å². The molecular weight excluding hydrogens is 128 g/mol. The molecule has 1 fully saturated rings. The zero-order valence-electron chi connectivity index (χ0n) is 5.99. The van der Waals surface area contributed by atoms with Gasteiger partial charge in [0.25, 0.3) is 0 Å². The van der Waals surface area contributed by atoms with Gasteiger partial charge in [0, 0.05) is 25.5 Å². The van der Waals surface area contributed by atoms with Crippen molar-refractivity contribution in [1.82, 2.24) is 4.90 Å². The fourth-order valence-electron chi connectivity index (χ4n) is 0.868. The maximum absolute atomic E-state index is 5.16. The Bertz CT molecular complexity index is 128. The van der Waals surface area contributed by atoms with Gasteiger partial charge in [-0.3, -0.25) is 4.99 Å². The highest BCUT2D eigenvalue weighted by molar-refractivity contribution is 5.25. The first kappa shape index (κ1) is 7.28. The van der Waals surface area contributed by atoms with Gasteiger partial charge in [0.15, 0.2) is 0 Å². The third-order valence-electron chi connectivity index (χ3n) is 1.43. The summed E-state index contributed by atoms with van der Waals surface area (Å²) in [7, 11) is 0. The standard InChI is InChI=1S/C7H12N2O/c1-8-2-3-9-4-6-10-7-5-9/h2-3H,1,4-7H2/b3-2+. The number of aliphatic imine (C=N–C) groups is 1. The summed E-state index contributed by atoms with van der Waals surface area (Å²) in [5.74, 6) is 0. The van der Waals surface area contributed by atoms with Crippen LogP contribution in [0.1, 0.15) is 0 Å². The van der Waals surface area contributed by atoms with Gasteiger partial charge in [0.05, 0.1) is 13.2 Å². The van der Waals surface area contributed by atoms with Crippen LogP contribution in [-0.4, -0.2) is 37.9 Å². The van der Waals surface area contributed by atoms with Crippen molar-refractivity contribution < 1.29 is 4.74 Å². The third kappa shape index (κ3) is 2.19. The van der Waals surface area contributed by atoms with E-state index < -0.39 is 0 Å². The van der Waals surface area contributed by atoms with Crippen LogP contribution in [0.15, 0.2) is 17.4 Å². The van der Waals surface area contributed by atoms with E-state index in [0.29, 0.717) is 0 Å². The Kier molecular flexibility index (Phi) is 2.96. The van der Waals surface area contributed by atoms with Crippen LogP contribution in [-0.2, 0) is 4.74 Å². The van der Waals surface area contributed by atoms with E-state index in [-0.39, 0.29) is 0 Å². The normalized spacial score (nSPS) is 19.8. The maximum Gasteiger partial charge on any atom is 0.0642 e. The smallest absolute Gasteiger partial charge is 0.0642 e. The lowest BCUT2D eigenvalue weighted by Crippen LogP contribution is -2.31. The lowest BCUT2D eigenvalue weighted by atomic mass is 10.4. The molecular formula is C7H12N2O. The van der Waals surface area contributed by atoms with Crippen LogP contribution in [0.3, 0.4) is 0 Å². The minimum absolute atomic E-state index is 0.821. The molecule has 1 saturated heterocycles. The molecule has 0 aromatic rings. The average Bonchev–Trinajstić information content (AvgIpc) is 2.03. The topological polar surface area (TPSA) is 24.8 Å². The van der Waals surface area contributed by atoms with E-state index in [1.807, 2.05) is 6.20 Å². The Morgan fingerprint density at radius 3 is 2.70 bits per heavy atom. The van der Waals surface area contributed by atoms with Gasteiger partial charge in [0.2, 0.25) is 0 Å². The van der Waals surface area contributed by atoms with Crippen molar-refractivity contribution in [2.75, 3.05) is 26.3 Å². The summed E-state index contributed by atoms with van der Waals surface area (Å²) in [6.45, 7) is 6.92. The highest BCUT2D eigenvalue weighted by Crippen LogP contribution is 1.96. The highest BCUT2D eigenvalue weighted by Gasteiger charge is 2.03. The number of rotatable bonds is 2. The van der Waals surface area contributed by atoms with Crippen molar-refractivity contribution in [3.05, 3.63) is 12.4 Å². The van der Waals surface area contributed by atoms with Gasteiger partial charge in [-0.15, -0.1) is 0 Å². The molecule has 1 aliphatic heterocycles. The first-order valence-corrected chi connectivity index (χ1v) is 3.38. The van der Waals surface area contributed by atoms with Crippen molar-refractivity contribution in [3.63, 3.8) is 0 Å². The number of hydrogen-bond donors (Lipinski definition) is 0. The van der Waals surface area contributed by atoms with E-state index >= 15 is 0 Å². The van der Waals surface area contributed by atoms with Crippen LogP contribution in [0.4, 0.5) is 0 Å². The summed E-state index contributed by atoms with van der Waals surface area (Å²) in [4.78, 5) is 5.78. The second kappa shape index (κ2) is 4.06. The number of ether oxygens (including phenoxy) is 1. The van der Waals surface area contributed by atoms with Crippen LogP contribution < -0.4 is 0 Å². The maximum atomic E-state index is 5.16. The molecule has 0 aromatic carbocycles. The third-order valence-corrected chi connectivity index (χ3v) is 1.43. The fourth-order valence-corrected chi connectivity index (χ4v) is 0.868. The molecule has 10 heavy (non-hydrogen) atoms. The van der Waals surface area contributed by atoms with Crippen LogP contribution >= 0.6 is 0 Å². The molecule has 0 atom stereocenters. The molecule has 0 aromatic heterocycles. The second-order valence-corrected chi connectivity index (χ2v) is 2.13. The van der Waals surface area contributed by atoms with Crippen LogP contribution in [0.2, 0.25) is 0 Å². The van der Waals surface area contributed by atoms with Crippen molar-refractivity contribution in [2.45, 2.75) is 0 Å². The molecule has 0 N–H and O–H groups in total. The lowest BCUT2D eigenvalue weighted by molar-refractivity contribution is 0.0593. The number of morpholine rings is 1. The van der Waals surface area contributed by atoms with Crippen LogP contribution in [0, 0.1) is 0 Å². The molecule has 0 spiro atoms. The molecule has 3 nitrogen and oxygen atoms in total. The first-order chi connectivity index (χ1) is 4.93. The zero-order valence-corrected chi connectivity index (χ0v) is 5.99. The minimum atomic E-state index is 0.821. The van der Waals surface area contributed by atoms with E-state index in [9.17, 15) is 0 Å². The van der Waals surface area contributed by atoms with Gasteiger partial charge in [-0.05, 0) is 6.72 Å². The fraction of sp³-hybridized carbons (Fsp3) is 0.571. The van der Waals surface area contributed by atoms with E-state index in [4.69, 9.17) is 4.74 Å². The van der Waals surface area contributed by atoms with Gasteiger partial charge in [0.1, 0.15) is 0 Å². The van der Waals surface area contributed by atoms with E-state index in [0.717, 1.165) is 26.3 Å². The summed E-state index contributed by atoms with van der Waals surface area (Å²) in [5, 5.41) is 0. The minimum Gasteiger partial charge on any atom is -0.378 e. The molecule has 0 amide bonds. The van der Waals surface area contributed by atoms with Crippen molar-refractivity contribution in [3.8, 4) is 0 Å². The summed E-state index contributed by atoms with van der Waals surface area (Å²) in [5.41, 5.74) is 0. The molecule has 1 rings (SSSR count). The Morgan fingerprint density at radius 2 is 2.10 bits per heavy atom. The monoisotopic (exact) mass is 140 g/mol. The zero-order chi connectivity index (χ0) is 7.23. The van der Waals surface area contributed by atoms with Gasteiger partial charge in [-0.2, -0.15) is 0 Å². The summed E-state index contributed by atoms with van der Waals surface area (Å²) in [6.07, 6.45) is 3.64. The Balaban J connectivity index is 2.25. The van der Waals surface area contributed by atoms with Gasteiger partial charge in [-0.1, -0.05) is 0 Å². The van der Waals surface area contributed by atoms with Gasteiger partial charge < -0.3 is 9.64 Å². The molecule has 0 unspecified atom stereocenters. The van der Waals surface area contributed by atoms with E-state index in [1.165, 1.54) is 0 Å². The quantitative estimate of drug-likeness (QED) is 0.521. The molecule has 56 valence electrons. The second-order valence-electron chi connectivity index (χ2n) is 2.13. The summed E-state index contributed by atoms with van der Waals surface area (Å²) >= 11 is 0. The Hall–Kier alpha value is -0.830. The predicted molar refractivity (Wildman–Crippen MR) is 41.1 cm³/mol. The molecule has 3 heteroatoms. The van der Waals surface area contributed by atoms with E-state index in [1.54, 1.807) is 6.20 Å². The molecule has 0 aliphatic carbocycles. The average molecular weight is 140 g/mol. The summed E-state index contributed by atoms with van der Waals surface area (Å²) < 4.78 is 5.16. The molecule has 1 aliphatic rings. The Morgan fingerprint density at radius 1 is 1.40 bits per heavy atom. The lowest BCUT2D eigenvalue weighted by Gasteiger charge is -2.24. The van der Waals surface area contributed by atoms with Crippen molar-refractivity contribution >= 4 is 6.72 Å². The number of nitrogens with zero attached hydrogens (tertiary/aromatic N) is 2. The highest BCUT2D eigenvalue weighted by atomic mass is 16.5. The molecule has 0 radical (unpaired) electrons. The predicted octanol–water partition coefficient (Wildman–Crippen LogP) is 0.490. The molecule has 0 saturated carbocycles. The Labute approximate surface area is 61.0 Å². The first-order valence-electron chi connectivity index (χ1n) is 3.38. The molecule has 0 bridgehead atoms. The van der Waals surface area contributed by atoms with E-state index in [2.05, 4.69) is 16.6 Å². The van der Waals surface area contributed by atoms with Crippen molar-refractivity contribution in [1.29, 1.82) is 0 Å². The van der Waals surface area contributed by atoms with Gasteiger partial charge >= 0.3 is 0 Å². The van der Waals surface area contributed by atoms with Crippen LogP contribution in [0.25, 0.3) is 0 Å². The molecule has 1 heterocycles. The largest absolute Gasteiger partial charge is 0.378 e. The van der Waals surface area contributed by atoms with Gasteiger partial charge in [-0.25, -0.2) is 0 Å². The number of hydrogen-bond acceptors (Lipinski definition) is 3. The van der Waals surface area contributed by atoms with Crippen LogP contribution in [0.5, 0.6) is 0 Å².